The number of rotatable bonds is 21. The van der Waals surface area contributed by atoms with E-state index in [2.05, 4.69) is 132 Å². The number of nitrogen functional groups attached to an aromatic ring is 1. The summed E-state index contributed by atoms with van der Waals surface area (Å²) in [6, 6.07) is 24.0. The van der Waals surface area contributed by atoms with Crippen LogP contribution in [-0.2, 0) is 14.3 Å². The first-order chi connectivity index (χ1) is 46.8. The van der Waals surface area contributed by atoms with Crippen molar-refractivity contribution in [1.29, 1.82) is 0 Å². The molecule has 0 spiro atoms. The Morgan fingerprint density at radius 2 is 1.36 bits per heavy atom. The standard InChI is InChI=1S/C40H60N4O3Si2.C29H29N9O2.C4H4N2O2/c1-45-35-15-14-30-10-13-32(23-33(30)24-35)36-25-41-44-39(36)42-38(34-21-28-8-9-29(20-28)22-34)37(31-11-12-31)40(44)43(26-46-16-18-48(2,3)4)27-47-17-19-49(5,6)7;1-40-21-6-7-23-16(11-21)8-18(12-31-23)22-13-34-38-26(30)24(15-2-3-15)25(35-28(22)38)17-9-19-4-5-20(10-17)37(19)29(39)27-32-14-33-36-27;7-4(8)3-1-2-5-6-3/h10,13-15,23-25,28-29,31,34,38,42H,8-9,11-12,16-22,26-27H2,1-7H3;6-8,11-15,17,19-20H,2-5,9-10,30H2,1H3,(H,32,33,36);2H,1H2,(H,7,8)/t28-,29+,34?,38?;17?,19-,20+;. The largest absolute Gasteiger partial charge is 0.497 e. The van der Waals surface area contributed by atoms with Crippen molar-refractivity contribution in [1.82, 2.24) is 54.3 Å². The maximum absolute atomic E-state index is 13.2. The molecular weight excluding hydrogens is 1260 g/mol. The molecule has 3 aromatic carbocycles. The van der Waals surface area contributed by atoms with Gasteiger partial charge in [-0.15, -0.1) is 5.10 Å². The third kappa shape index (κ3) is 14.4. The highest BCUT2D eigenvalue weighted by Gasteiger charge is 2.49. The van der Waals surface area contributed by atoms with Gasteiger partial charge in [0.1, 0.15) is 48.7 Å². The van der Waals surface area contributed by atoms with Gasteiger partial charge in [-0.05, 0) is 177 Å². The molecule has 4 saturated carbocycles. The molecule has 1 amide bonds. The normalized spacial score (nSPS) is 22.6. The van der Waals surface area contributed by atoms with Crippen molar-refractivity contribution in [3.63, 3.8) is 0 Å². The molecule has 5 N–H and O–H groups in total. The number of nitrogens with two attached hydrogens (primary N) is 1. The highest BCUT2D eigenvalue weighted by Crippen LogP contribution is 2.54. The molecule has 4 aliphatic carbocycles. The van der Waals surface area contributed by atoms with Crippen molar-refractivity contribution in [3.05, 3.63) is 108 Å². The van der Waals surface area contributed by atoms with Gasteiger partial charge in [0, 0.05) is 93.8 Å². The van der Waals surface area contributed by atoms with E-state index in [1.54, 1.807) is 24.3 Å². The van der Waals surface area contributed by atoms with Gasteiger partial charge in [0.05, 0.1) is 43.9 Å². The summed E-state index contributed by atoms with van der Waals surface area (Å²) in [5.41, 5.74) is 16.5. The summed E-state index contributed by atoms with van der Waals surface area (Å²) < 4.78 is 28.1. The smallest absolute Gasteiger partial charge is 0.352 e. The molecule has 0 radical (unpaired) electrons. The van der Waals surface area contributed by atoms with Crippen LogP contribution in [0.4, 0.5) is 11.6 Å². The fourth-order valence-corrected chi connectivity index (χ4v) is 17.3. The molecule has 16 rings (SSSR count). The number of pyridine rings is 1. The number of benzene rings is 3. The van der Waals surface area contributed by atoms with Gasteiger partial charge < -0.3 is 44.9 Å². The third-order valence-corrected chi connectivity index (χ3v) is 24.5. The number of aliphatic carboxylic acids is 1. The number of carbonyl (C=O) groups is 2. The highest BCUT2D eigenvalue weighted by molar-refractivity contribution is 6.76. The van der Waals surface area contributed by atoms with Gasteiger partial charge in [-0.3, -0.25) is 14.9 Å². The Morgan fingerprint density at radius 3 is 1.98 bits per heavy atom. The number of methoxy groups -OCH3 is 2. The summed E-state index contributed by atoms with van der Waals surface area (Å²) in [5.74, 6) is 7.55. The van der Waals surface area contributed by atoms with Crippen molar-refractivity contribution in [2.24, 2.45) is 33.9 Å². The lowest BCUT2D eigenvalue weighted by Crippen LogP contribution is -2.46. The zero-order valence-corrected chi connectivity index (χ0v) is 59.3. The van der Waals surface area contributed by atoms with E-state index in [1.807, 2.05) is 41.6 Å². The van der Waals surface area contributed by atoms with Crippen LogP contribution in [0.5, 0.6) is 11.5 Å². The lowest BCUT2D eigenvalue weighted by Gasteiger charge is -2.42. The second-order valence-electron chi connectivity index (χ2n) is 30.5. The quantitative estimate of drug-likeness (QED) is 0.0296. The van der Waals surface area contributed by atoms with Crippen LogP contribution in [0.15, 0.2) is 101 Å². The number of carbonyl (C=O) groups excluding carboxylic acids is 1. The van der Waals surface area contributed by atoms with Gasteiger partial charge in [-0.2, -0.15) is 24.9 Å². The Kier molecular flexibility index (Phi) is 18.7. The Labute approximate surface area is 568 Å². The lowest BCUT2D eigenvalue weighted by molar-refractivity contribution is -0.129. The molecule has 2 saturated heterocycles. The molecule has 4 bridgehead atoms. The zero-order chi connectivity index (χ0) is 67.3. The number of fused-ring (bicyclic) bond motifs is 8. The number of hydrogen-bond donors (Lipinski definition) is 4. The number of hydrogen-bond acceptors (Lipinski definition) is 17. The van der Waals surface area contributed by atoms with Gasteiger partial charge in [0.15, 0.2) is 11.4 Å². The SMILES string of the molecule is COc1ccc2ccc(-c3cnn4c3NC(C3C[C@H]5CC[C@@H](C3)C5)C(C3CC3)=C4N(COCC[Si](C)(C)C)COCC[Si](C)(C)C)cc2c1.COc1ccc2ncc(-c3cnn4c(N)c(C5CC5)c(C5C[C@H]6CC[C@@H](C5)N6C(=O)c5ncn[nH]5)nc34)cc2c1.O=C(O)C1=NN=CC1. The first-order valence-corrected chi connectivity index (χ1v) is 42.4. The van der Waals surface area contributed by atoms with Gasteiger partial charge >= 0.3 is 5.97 Å². The number of ether oxygens (including phenoxy) is 4. The molecule has 9 heterocycles. The van der Waals surface area contributed by atoms with E-state index in [9.17, 15) is 9.59 Å². The van der Waals surface area contributed by atoms with Gasteiger partial charge in [0.25, 0.3) is 5.91 Å². The highest BCUT2D eigenvalue weighted by atomic mass is 28.3. The number of amides is 1. The number of aromatic nitrogens is 9. The number of H-pyrrole nitrogens is 1. The van der Waals surface area contributed by atoms with Gasteiger partial charge in [-0.1, -0.05) is 70.3 Å². The van der Waals surface area contributed by atoms with E-state index >= 15 is 0 Å². The summed E-state index contributed by atoms with van der Waals surface area (Å²) in [7, 11) is 0.963. The van der Waals surface area contributed by atoms with Crippen LogP contribution >= 0.6 is 0 Å². The minimum Gasteiger partial charge on any atom is -0.497 e. The monoisotopic (exact) mass is 1350 g/mol. The maximum atomic E-state index is 13.2. The fraction of sp³-hybridized carbons (Fsp3) is 0.507. The topological polar surface area (TPSA) is 263 Å². The molecule has 3 unspecified atom stereocenters. The number of carboxylic acids is 1. The van der Waals surface area contributed by atoms with Gasteiger partial charge in [-0.25, -0.2) is 19.4 Å². The van der Waals surface area contributed by atoms with Crippen LogP contribution < -0.4 is 20.5 Å². The molecule has 7 atom stereocenters. The molecule has 97 heavy (non-hydrogen) atoms. The predicted molar refractivity (Wildman–Crippen MR) is 385 cm³/mol. The fourth-order valence-electron chi connectivity index (χ4n) is 15.8. The Hall–Kier alpha value is -8.33. The summed E-state index contributed by atoms with van der Waals surface area (Å²) in [4.78, 5) is 41.7. The second-order valence-corrected chi connectivity index (χ2v) is 41.8. The van der Waals surface area contributed by atoms with E-state index in [-0.39, 0.29) is 29.6 Å². The first-order valence-electron chi connectivity index (χ1n) is 35.0. The average Bonchev–Trinajstić information content (AvgIpc) is 1.61. The summed E-state index contributed by atoms with van der Waals surface area (Å²) in [6.45, 7) is 17.2. The van der Waals surface area contributed by atoms with Gasteiger partial charge in [0.2, 0.25) is 5.82 Å². The van der Waals surface area contributed by atoms with Crippen LogP contribution in [-0.4, -0.2) is 158 Å². The number of nitrogens with zero attached hydrogens (tertiary/aromatic N) is 12. The van der Waals surface area contributed by atoms with E-state index in [4.69, 9.17) is 39.9 Å². The van der Waals surface area contributed by atoms with Crippen molar-refractivity contribution in [2.75, 3.05) is 51.9 Å². The summed E-state index contributed by atoms with van der Waals surface area (Å²) >= 11 is 0. The summed E-state index contributed by atoms with van der Waals surface area (Å²) in [5, 5.41) is 39.0. The summed E-state index contributed by atoms with van der Waals surface area (Å²) in [6.07, 6.45) is 24.3. The molecule has 6 fully saturated rings. The van der Waals surface area contributed by atoms with Crippen LogP contribution in [0.1, 0.15) is 124 Å². The van der Waals surface area contributed by atoms with Crippen LogP contribution in [0.3, 0.4) is 0 Å². The van der Waals surface area contributed by atoms with E-state index in [1.165, 1.54) is 79.6 Å². The Bertz CT molecular complexity index is 4270. The number of aromatic amines is 1. The number of carboxylic acid groups (broad SMARTS) is 1. The number of nitrogens with one attached hydrogen (secondary N) is 2. The predicted octanol–water partition coefficient (Wildman–Crippen LogP) is 13.8. The van der Waals surface area contributed by atoms with Crippen LogP contribution in [0.25, 0.3) is 55.4 Å². The first kappa shape index (κ1) is 65.9. The Balaban J connectivity index is 0.000000151. The number of piperidine rings is 1. The minimum atomic E-state index is -1.22. The molecule has 510 valence electrons. The van der Waals surface area contributed by atoms with Crippen molar-refractivity contribution in [3.8, 4) is 33.8 Å². The van der Waals surface area contributed by atoms with Crippen molar-refractivity contribution >= 4 is 84.7 Å². The van der Waals surface area contributed by atoms with E-state index in [0.29, 0.717) is 55.3 Å². The third-order valence-electron chi connectivity index (χ3n) is 21.1. The molecule has 5 aromatic heterocycles. The van der Waals surface area contributed by atoms with Crippen LogP contribution in [0, 0.1) is 23.7 Å². The van der Waals surface area contributed by atoms with Crippen molar-refractivity contribution < 1.29 is 33.6 Å². The van der Waals surface area contributed by atoms with E-state index < -0.39 is 22.1 Å². The molecular formula is C73H93N15O7Si2. The van der Waals surface area contributed by atoms with Crippen molar-refractivity contribution in [2.45, 2.75) is 171 Å². The Morgan fingerprint density at radius 1 is 0.701 bits per heavy atom. The maximum Gasteiger partial charge on any atom is 0.352 e. The van der Waals surface area contributed by atoms with Crippen LogP contribution in [0.2, 0.25) is 51.4 Å². The molecule has 8 aromatic rings. The molecule has 8 aliphatic rings. The number of anilines is 2. The zero-order valence-electron chi connectivity index (χ0n) is 57.3. The molecule has 22 nitrogen and oxygen atoms in total. The average molecular weight is 1350 g/mol. The minimum absolute atomic E-state index is 0.0627. The molecule has 4 aliphatic heterocycles. The molecule has 24 heteroatoms. The second kappa shape index (κ2) is 27.5. The van der Waals surface area contributed by atoms with E-state index in [0.717, 1.165) is 137 Å². The lowest BCUT2D eigenvalue weighted by atomic mass is 9.74.